The van der Waals surface area contributed by atoms with Crippen molar-refractivity contribution in [1.29, 1.82) is 0 Å². The summed E-state index contributed by atoms with van der Waals surface area (Å²) >= 11 is 5.83. The van der Waals surface area contributed by atoms with E-state index in [0.717, 1.165) is 16.7 Å². The summed E-state index contributed by atoms with van der Waals surface area (Å²) in [6, 6.07) is 3.90. The second-order valence-electron chi connectivity index (χ2n) is 4.56. The fourth-order valence-corrected chi connectivity index (χ4v) is 3.31. The number of rotatable bonds is 5. The zero-order chi connectivity index (χ0) is 17.1. The quantitative estimate of drug-likeness (QED) is 0.616. The van der Waals surface area contributed by atoms with E-state index in [1.807, 2.05) is 0 Å². The number of aliphatic carboxylic acids is 2. The first-order valence-corrected chi connectivity index (χ1v) is 7.49. The summed E-state index contributed by atoms with van der Waals surface area (Å²) in [5.41, 5.74) is 0.413. The van der Waals surface area contributed by atoms with Crippen LogP contribution >= 0.6 is 24.0 Å². The first-order chi connectivity index (χ1) is 10.8. The third kappa shape index (κ3) is 3.93. The number of benzene rings is 1. The highest BCUT2D eigenvalue weighted by molar-refractivity contribution is 8.26. The number of carbonyl (C=O) groups excluding carboxylic acids is 1. The number of amides is 1. The first-order valence-electron chi connectivity index (χ1n) is 6.27. The fourth-order valence-electron chi connectivity index (χ4n) is 1.95. The van der Waals surface area contributed by atoms with Crippen molar-refractivity contribution < 1.29 is 29.0 Å². The van der Waals surface area contributed by atoms with Crippen molar-refractivity contribution >= 4 is 52.2 Å². The molecule has 0 radical (unpaired) electrons. The maximum absolute atomic E-state index is 13.2. The number of hydrogen-bond donors (Lipinski definition) is 2. The van der Waals surface area contributed by atoms with Crippen molar-refractivity contribution in [3.63, 3.8) is 0 Å². The molecule has 0 bridgehead atoms. The monoisotopic (exact) mass is 355 g/mol. The second-order valence-corrected chi connectivity index (χ2v) is 6.23. The van der Waals surface area contributed by atoms with Crippen molar-refractivity contribution in [1.82, 2.24) is 4.90 Å². The van der Waals surface area contributed by atoms with Gasteiger partial charge >= 0.3 is 11.9 Å². The molecule has 1 aromatic carbocycles. The summed E-state index contributed by atoms with van der Waals surface area (Å²) in [5, 5.41) is 17.9. The topological polar surface area (TPSA) is 94.9 Å². The Morgan fingerprint density at radius 2 is 2.09 bits per heavy atom. The number of carboxylic acids is 2. The molecule has 9 heteroatoms. The lowest BCUT2D eigenvalue weighted by Crippen LogP contribution is -2.45. The zero-order valence-corrected chi connectivity index (χ0v) is 13.1. The molecule has 1 unspecified atom stereocenters. The Morgan fingerprint density at radius 3 is 2.65 bits per heavy atom. The summed E-state index contributed by atoms with van der Waals surface area (Å²) < 4.78 is 13.1. The van der Waals surface area contributed by atoms with Gasteiger partial charge in [-0.15, -0.1) is 0 Å². The van der Waals surface area contributed by atoms with Crippen LogP contribution in [0.5, 0.6) is 0 Å². The molecule has 1 atom stereocenters. The van der Waals surface area contributed by atoms with Crippen LogP contribution in [0.3, 0.4) is 0 Å². The lowest BCUT2D eigenvalue weighted by Gasteiger charge is -2.21. The van der Waals surface area contributed by atoms with E-state index in [2.05, 4.69) is 0 Å². The van der Waals surface area contributed by atoms with Crippen LogP contribution in [0.1, 0.15) is 12.0 Å². The van der Waals surface area contributed by atoms with Crippen LogP contribution in [0.2, 0.25) is 0 Å². The number of halogens is 1. The van der Waals surface area contributed by atoms with Crippen molar-refractivity contribution in [3.05, 3.63) is 40.6 Å². The summed E-state index contributed by atoms with van der Waals surface area (Å²) in [5.74, 6) is -4.02. The molecular formula is C14H10FNO5S2. The van der Waals surface area contributed by atoms with Crippen molar-refractivity contribution in [3.8, 4) is 0 Å². The van der Waals surface area contributed by atoms with E-state index in [9.17, 15) is 18.8 Å². The van der Waals surface area contributed by atoms with Gasteiger partial charge in [0, 0.05) is 0 Å². The normalized spacial score (nSPS) is 17.6. The Hall–Kier alpha value is -2.26. The molecule has 2 N–H and O–H groups in total. The van der Waals surface area contributed by atoms with Crippen LogP contribution in [0.15, 0.2) is 29.2 Å². The SMILES string of the molecule is O=C(O)CC(C(=O)O)N1C(=O)C(=Cc2cccc(F)c2)SC1=S. The van der Waals surface area contributed by atoms with E-state index < -0.39 is 36.1 Å². The predicted octanol–water partition coefficient (Wildman–Crippen LogP) is 1.95. The van der Waals surface area contributed by atoms with Gasteiger partial charge in [-0.2, -0.15) is 0 Å². The number of hydrogen-bond acceptors (Lipinski definition) is 5. The molecule has 1 aliphatic rings. The molecule has 6 nitrogen and oxygen atoms in total. The fraction of sp³-hybridized carbons (Fsp3) is 0.143. The molecule has 2 rings (SSSR count). The number of carbonyl (C=O) groups is 3. The van der Waals surface area contributed by atoms with E-state index in [4.69, 9.17) is 22.4 Å². The van der Waals surface area contributed by atoms with Gasteiger partial charge in [0.1, 0.15) is 16.2 Å². The Labute approximate surface area is 139 Å². The average Bonchev–Trinajstić information content (AvgIpc) is 2.71. The van der Waals surface area contributed by atoms with Gasteiger partial charge < -0.3 is 10.2 Å². The van der Waals surface area contributed by atoms with Gasteiger partial charge in [-0.1, -0.05) is 36.1 Å². The highest BCUT2D eigenvalue weighted by Gasteiger charge is 2.41. The lowest BCUT2D eigenvalue weighted by atomic mass is 10.1. The zero-order valence-electron chi connectivity index (χ0n) is 11.4. The van der Waals surface area contributed by atoms with Gasteiger partial charge in [0.15, 0.2) is 0 Å². The Kier molecular flexibility index (Phi) is 5.12. The third-order valence-corrected chi connectivity index (χ3v) is 4.27. The van der Waals surface area contributed by atoms with E-state index in [1.165, 1.54) is 24.3 Å². The minimum atomic E-state index is -1.58. The van der Waals surface area contributed by atoms with Crippen LogP contribution < -0.4 is 0 Å². The minimum Gasteiger partial charge on any atom is -0.481 e. The van der Waals surface area contributed by atoms with Crippen LogP contribution in [0, 0.1) is 5.82 Å². The van der Waals surface area contributed by atoms with Crippen LogP contribution in [-0.4, -0.2) is 43.3 Å². The van der Waals surface area contributed by atoms with Gasteiger partial charge in [0.05, 0.1) is 11.3 Å². The molecule has 23 heavy (non-hydrogen) atoms. The molecule has 1 amide bonds. The van der Waals surface area contributed by atoms with E-state index >= 15 is 0 Å². The van der Waals surface area contributed by atoms with Gasteiger partial charge in [-0.25, -0.2) is 9.18 Å². The smallest absolute Gasteiger partial charge is 0.327 e. The van der Waals surface area contributed by atoms with Crippen LogP contribution in [0.25, 0.3) is 6.08 Å². The standard InChI is InChI=1S/C14H10FNO5S2/c15-8-3-1-2-7(4-8)5-10-12(19)16(14(22)23-10)9(13(20)21)6-11(17)18/h1-5,9H,6H2,(H,17,18)(H,20,21). The van der Waals surface area contributed by atoms with E-state index in [1.54, 1.807) is 6.07 Å². The number of carboxylic acid groups (broad SMARTS) is 2. The molecule has 0 aliphatic carbocycles. The van der Waals surface area contributed by atoms with Crippen molar-refractivity contribution in [2.24, 2.45) is 0 Å². The van der Waals surface area contributed by atoms with E-state index in [0.29, 0.717) is 5.56 Å². The molecule has 0 saturated carbocycles. The molecule has 0 spiro atoms. The Bertz CT molecular complexity index is 734. The van der Waals surface area contributed by atoms with Gasteiger partial charge in [0.25, 0.3) is 5.91 Å². The molecule has 1 heterocycles. The predicted molar refractivity (Wildman–Crippen MR) is 85.1 cm³/mol. The molecule has 0 aromatic heterocycles. The van der Waals surface area contributed by atoms with Crippen LogP contribution in [0.4, 0.5) is 4.39 Å². The maximum atomic E-state index is 13.2. The molecule has 1 saturated heterocycles. The highest BCUT2D eigenvalue weighted by Crippen LogP contribution is 2.34. The average molecular weight is 355 g/mol. The van der Waals surface area contributed by atoms with Gasteiger partial charge in [-0.3, -0.25) is 14.5 Å². The number of thioether (sulfide) groups is 1. The minimum absolute atomic E-state index is 0.0497. The molecule has 1 fully saturated rings. The Balaban J connectivity index is 2.32. The largest absolute Gasteiger partial charge is 0.481 e. The molecule has 1 aliphatic heterocycles. The summed E-state index contributed by atoms with van der Waals surface area (Å²) in [4.78, 5) is 35.2. The number of thiocarbonyl (C=S) groups is 1. The second kappa shape index (κ2) is 6.88. The summed E-state index contributed by atoms with van der Waals surface area (Å²) in [6.07, 6.45) is 0.608. The lowest BCUT2D eigenvalue weighted by molar-refractivity contribution is -0.150. The Morgan fingerprint density at radius 1 is 1.39 bits per heavy atom. The van der Waals surface area contributed by atoms with Crippen LogP contribution in [-0.2, 0) is 14.4 Å². The maximum Gasteiger partial charge on any atom is 0.327 e. The molecule has 120 valence electrons. The van der Waals surface area contributed by atoms with Crippen molar-refractivity contribution in [2.75, 3.05) is 0 Å². The van der Waals surface area contributed by atoms with E-state index in [-0.39, 0.29) is 9.23 Å². The van der Waals surface area contributed by atoms with Crippen molar-refractivity contribution in [2.45, 2.75) is 12.5 Å². The molecular weight excluding hydrogens is 345 g/mol. The summed E-state index contributed by atoms with van der Waals surface area (Å²) in [7, 11) is 0. The highest BCUT2D eigenvalue weighted by atomic mass is 32.2. The van der Waals surface area contributed by atoms with Gasteiger partial charge in [-0.05, 0) is 23.8 Å². The summed E-state index contributed by atoms with van der Waals surface area (Å²) in [6.45, 7) is 0. The molecule has 1 aromatic rings. The van der Waals surface area contributed by atoms with Gasteiger partial charge in [0.2, 0.25) is 0 Å². The third-order valence-electron chi connectivity index (χ3n) is 2.93. The first kappa shape index (κ1) is 17.1. The number of nitrogens with zero attached hydrogens (tertiary/aromatic N) is 1.